The standard InChI is InChI=1S/C17H24N2O2/c1-3-7-15(20)18-12-6-10-13-9-5-11-14-17(13)21-16(19-14)8-4-2/h5,9,11H,3-4,6-8,10,12H2,1-2H3,(H,18,20). The van der Waals surface area contributed by atoms with Crippen molar-refractivity contribution in [3.05, 3.63) is 29.7 Å². The number of hydrogen-bond donors (Lipinski definition) is 1. The molecule has 1 heterocycles. The van der Waals surface area contributed by atoms with Gasteiger partial charge in [0.05, 0.1) is 0 Å². The molecule has 0 aliphatic carbocycles. The number of hydrogen-bond acceptors (Lipinski definition) is 3. The van der Waals surface area contributed by atoms with E-state index in [0.717, 1.165) is 49.1 Å². The molecule has 21 heavy (non-hydrogen) atoms. The molecule has 1 amide bonds. The number of para-hydroxylation sites is 1. The molecule has 2 aromatic rings. The van der Waals surface area contributed by atoms with E-state index in [-0.39, 0.29) is 5.91 Å². The highest BCUT2D eigenvalue weighted by Gasteiger charge is 2.09. The van der Waals surface area contributed by atoms with Crippen molar-refractivity contribution in [2.24, 2.45) is 0 Å². The summed E-state index contributed by atoms with van der Waals surface area (Å²) in [5.74, 6) is 0.955. The van der Waals surface area contributed by atoms with Gasteiger partial charge in [-0.25, -0.2) is 4.98 Å². The minimum Gasteiger partial charge on any atom is -0.440 e. The van der Waals surface area contributed by atoms with Gasteiger partial charge in [-0.3, -0.25) is 4.79 Å². The van der Waals surface area contributed by atoms with Gasteiger partial charge in [-0.1, -0.05) is 26.0 Å². The lowest BCUT2D eigenvalue weighted by Gasteiger charge is -2.04. The number of oxazole rings is 1. The molecule has 0 bridgehead atoms. The van der Waals surface area contributed by atoms with E-state index >= 15 is 0 Å². The average molecular weight is 288 g/mol. The number of fused-ring (bicyclic) bond motifs is 1. The van der Waals surface area contributed by atoms with Crippen molar-refractivity contribution in [3.63, 3.8) is 0 Å². The third-order valence-corrected chi connectivity index (χ3v) is 3.43. The Hall–Kier alpha value is -1.84. The van der Waals surface area contributed by atoms with Gasteiger partial charge in [0, 0.05) is 19.4 Å². The van der Waals surface area contributed by atoms with E-state index in [4.69, 9.17) is 4.42 Å². The van der Waals surface area contributed by atoms with Crippen molar-refractivity contribution in [2.45, 2.75) is 52.4 Å². The molecule has 0 fully saturated rings. The number of amides is 1. The predicted molar refractivity (Wildman–Crippen MR) is 84.2 cm³/mol. The Bertz CT molecular complexity index is 589. The van der Waals surface area contributed by atoms with Gasteiger partial charge in [0.25, 0.3) is 0 Å². The maximum absolute atomic E-state index is 11.4. The number of benzene rings is 1. The Morgan fingerprint density at radius 3 is 2.86 bits per heavy atom. The van der Waals surface area contributed by atoms with E-state index in [1.54, 1.807) is 0 Å². The molecule has 1 aromatic heterocycles. The summed E-state index contributed by atoms with van der Waals surface area (Å²) in [4.78, 5) is 15.9. The zero-order valence-corrected chi connectivity index (χ0v) is 12.9. The molecule has 4 heteroatoms. The van der Waals surface area contributed by atoms with Crippen molar-refractivity contribution < 1.29 is 9.21 Å². The molecule has 0 aliphatic rings. The minimum absolute atomic E-state index is 0.139. The van der Waals surface area contributed by atoms with Crippen LogP contribution in [0.2, 0.25) is 0 Å². The normalized spacial score (nSPS) is 11.0. The molecule has 114 valence electrons. The number of aryl methyl sites for hydroxylation is 2. The lowest BCUT2D eigenvalue weighted by Crippen LogP contribution is -2.24. The molecule has 0 spiro atoms. The molecule has 4 nitrogen and oxygen atoms in total. The van der Waals surface area contributed by atoms with Gasteiger partial charge in [0.1, 0.15) is 5.52 Å². The largest absolute Gasteiger partial charge is 0.440 e. The van der Waals surface area contributed by atoms with Crippen molar-refractivity contribution in [2.75, 3.05) is 6.54 Å². The second kappa shape index (κ2) is 7.81. The molecular weight excluding hydrogens is 264 g/mol. The van der Waals surface area contributed by atoms with Crippen LogP contribution in [0, 0.1) is 0 Å². The van der Waals surface area contributed by atoms with Crippen LogP contribution in [0.1, 0.15) is 51.0 Å². The minimum atomic E-state index is 0.139. The molecule has 1 aromatic carbocycles. The van der Waals surface area contributed by atoms with Gasteiger partial charge < -0.3 is 9.73 Å². The summed E-state index contributed by atoms with van der Waals surface area (Å²) < 4.78 is 5.86. The maximum Gasteiger partial charge on any atom is 0.219 e. The van der Waals surface area contributed by atoms with Crippen LogP contribution in [0.3, 0.4) is 0 Å². The fourth-order valence-electron chi connectivity index (χ4n) is 2.39. The van der Waals surface area contributed by atoms with E-state index < -0.39 is 0 Å². The molecule has 2 rings (SSSR count). The van der Waals surface area contributed by atoms with Crippen LogP contribution in [0.5, 0.6) is 0 Å². The van der Waals surface area contributed by atoms with Gasteiger partial charge in [-0.15, -0.1) is 0 Å². The highest BCUT2D eigenvalue weighted by atomic mass is 16.3. The van der Waals surface area contributed by atoms with Crippen LogP contribution in [0.4, 0.5) is 0 Å². The van der Waals surface area contributed by atoms with Crippen molar-refractivity contribution in [1.82, 2.24) is 10.3 Å². The Labute approximate surface area is 125 Å². The molecule has 0 atom stereocenters. The van der Waals surface area contributed by atoms with Crippen LogP contribution < -0.4 is 5.32 Å². The zero-order chi connectivity index (χ0) is 15.1. The summed E-state index contributed by atoms with van der Waals surface area (Å²) in [7, 11) is 0. The average Bonchev–Trinajstić information content (AvgIpc) is 2.87. The molecule has 0 radical (unpaired) electrons. The van der Waals surface area contributed by atoms with E-state index in [2.05, 4.69) is 23.3 Å². The van der Waals surface area contributed by atoms with Crippen LogP contribution in [-0.4, -0.2) is 17.4 Å². The lowest BCUT2D eigenvalue weighted by atomic mass is 10.1. The van der Waals surface area contributed by atoms with Crippen LogP contribution in [-0.2, 0) is 17.6 Å². The molecule has 0 saturated carbocycles. The Morgan fingerprint density at radius 2 is 2.10 bits per heavy atom. The van der Waals surface area contributed by atoms with E-state index in [9.17, 15) is 4.79 Å². The van der Waals surface area contributed by atoms with E-state index in [1.807, 2.05) is 19.1 Å². The Kier molecular flexibility index (Phi) is 5.78. The topological polar surface area (TPSA) is 55.1 Å². The van der Waals surface area contributed by atoms with Crippen molar-refractivity contribution in [1.29, 1.82) is 0 Å². The van der Waals surface area contributed by atoms with Gasteiger partial charge in [0.2, 0.25) is 5.91 Å². The predicted octanol–water partition coefficient (Wildman–Crippen LogP) is 3.63. The van der Waals surface area contributed by atoms with Gasteiger partial charge in [-0.2, -0.15) is 0 Å². The second-order valence-electron chi connectivity index (χ2n) is 5.33. The maximum atomic E-state index is 11.4. The summed E-state index contributed by atoms with van der Waals surface area (Å²) in [6.07, 6.45) is 5.22. The highest BCUT2D eigenvalue weighted by Crippen LogP contribution is 2.21. The molecule has 0 aliphatic heterocycles. The van der Waals surface area contributed by atoms with Gasteiger partial charge >= 0.3 is 0 Å². The lowest BCUT2D eigenvalue weighted by molar-refractivity contribution is -0.121. The first kappa shape index (κ1) is 15.5. The first-order valence-corrected chi connectivity index (χ1v) is 7.88. The summed E-state index contributed by atoms with van der Waals surface area (Å²) in [5, 5.41) is 2.94. The summed E-state index contributed by atoms with van der Waals surface area (Å²) >= 11 is 0. The highest BCUT2D eigenvalue weighted by molar-refractivity contribution is 5.76. The number of carbonyl (C=O) groups is 1. The Balaban J connectivity index is 1.93. The summed E-state index contributed by atoms with van der Waals surface area (Å²) in [6, 6.07) is 6.09. The fraction of sp³-hybridized carbons (Fsp3) is 0.529. The SMILES string of the molecule is CCCC(=O)NCCCc1cccc2nc(CCC)oc12. The van der Waals surface area contributed by atoms with Gasteiger partial charge in [-0.05, 0) is 37.3 Å². The third-order valence-electron chi connectivity index (χ3n) is 3.43. The molecule has 0 unspecified atom stereocenters. The first-order chi connectivity index (χ1) is 10.2. The molecule has 0 saturated heterocycles. The van der Waals surface area contributed by atoms with Crippen LogP contribution >= 0.6 is 0 Å². The summed E-state index contributed by atoms with van der Waals surface area (Å²) in [6.45, 7) is 4.85. The summed E-state index contributed by atoms with van der Waals surface area (Å²) in [5.41, 5.74) is 3.01. The van der Waals surface area contributed by atoms with Crippen LogP contribution in [0.25, 0.3) is 11.1 Å². The van der Waals surface area contributed by atoms with Gasteiger partial charge in [0.15, 0.2) is 11.5 Å². The van der Waals surface area contributed by atoms with Crippen LogP contribution in [0.15, 0.2) is 22.6 Å². The second-order valence-corrected chi connectivity index (χ2v) is 5.33. The number of nitrogens with one attached hydrogen (secondary N) is 1. The van der Waals surface area contributed by atoms with Crippen molar-refractivity contribution in [3.8, 4) is 0 Å². The number of aromatic nitrogens is 1. The molecular formula is C17H24N2O2. The monoisotopic (exact) mass is 288 g/mol. The number of carbonyl (C=O) groups excluding carboxylic acids is 1. The third kappa shape index (κ3) is 4.31. The quantitative estimate of drug-likeness (QED) is 0.755. The van der Waals surface area contributed by atoms with E-state index in [1.165, 1.54) is 5.56 Å². The Morgan fingerprint density at radius 1 is 1.24 bits per heavy atom. The first-order valence-electron chi connectivity index (χ1n) is 7.88. The van der Waals surface area contributed by atoms with E-state index in [0.29, 0.717) is 13.0 Å². The zero-order valence-electron chi connectivity index (χ0n) is 12.9. The number of rotatable bonds is 8. The number of nitrogens with zero attached hydrogens (tertiary/aromatic N) is 1. The fourth-order valence-corrected chi connectivity index (χ4v) is 2.39. The smallest absolute Gasteiger partial charge is 0.219 e. The van der Waals surface area contributed by atoms with Crippen molar-refractivity contribution >= 4 is 17.0 Å². The molecule has 1 N–H and O–H groups in total.